The maximum Gasteiger partial charge on any atom is 0.331 e. The van der Waals surface area contributed by atoms with Gasteiger partial charge in [0.05, 0.1) is 11.2 Å². The fourth-order valence-electron chi connectivity index (χ4n) is 4.63. The summed E-state index contributed by atoms with van der Waals surface area (Å²) in [6.07, 6.45) is 0. The highest BCUT2D eigenvalue weighted by Crippen LogP contribution is 2.51. The molecule has 0 atom stereocenters. The van der Waals surface area contributed by atoms with Crippen LogP contribution in [0.5, 0.6) is 0 Å². The SMILES string of the molecule is CC(C)(O)C(C)(C)O[B]c1cccc2oc3c4c5c(cccc5cc3c12)-c1ccccc1-4. The highest BCUT2D eigenvalue weighted by atomic mass is 16.5. The number of furan rings is 1. The molecule has 1 heterocycles. The fourth-order valence-corrected chi connectivity index (χ4v) is 4.63. The van der Waals surface area contributed by atoms with Crippen molar-refractivity contribution in [2.75, 3.05) is 0 Å². The van der Waals surface area contributed by atoms with Gasteiger partial charge in [0.25, 0.3) is 0 Å². The molecule has 0 unspecified atom stereocenters. The first-order chi connectivity index (χ1) is 15.3. The van der Waals surface area contributed by atoms with E-state index in [1.54, 1.807) is 21.3 Å². The van der Waals surface area contributed by atoms with Gasteiger partial charge in [-0.3, -0.25) is 0 Å². The second kappa shape index (κ2) is 6.47. The zero-order valence-electron chi connectivity index (χ0n) is 18.7. The van der Waals surface area contributed by atoms with Crippen LogP contribution in [0.3, 0.4) is 0 Å². The van der Waals surface area contributed by atoms with E-state index in [0.717, 1.165) is 27.4 Å². The molecular formula is C28H24BO3. The van der Waals surface area contributed by atoms with Crippen molar-refractivity contribution in [2.45, 2.75) is 38.9 Å². The molecule has 0 bridgehead atoms. The molecule has 6 rings (SSSR count). The summed E-state index contributed by atoms with van der Waals surface area (Å²) in [6.45, 7) is 7.31. The van der Waals surface area contributed by atoms with E-state index in [0.29, 0.717) is 0 Å². The van der Waals surface area contributed by atoms with E-state index >= 15 is 0 Å². The van der Waals surface area contributed by atoms with Gasteiger partial charge in [0.1, 0.15) is 11.2 Å². The summed E-state index contributed by atoms with van der Waals surface area (Å²) in [5, 5.41) is 15.1. The predicted molar refractivity (Wildman–Crippen MR) is 133 cm³/mol. The van der Waals surface area contributed by atoms with Crippen molar-refractivity contribution in [2.24, 2.45) is 0 Å². The van der Waals surface area contributed by atoms with Gasteiger partial charge in [0.2, 0.25) is 0 Å². The largest absolute Gasteiger partial charge is 0.455 e. The lowest BCUT2D eigenvalue weighted by molar-refractivity contribution is -0.0893. The van der Waals surface area contributed by atoms with Crippen molar-refractivity contribution in [1.82, 2.24) is 0 Å². The van der Waals surface area contributed by atoms with Crippen LogP contribution in [0, 0.1) is 0 Å². The minimum atomic E-state index is -0.988. The Kier molecular flexibility index (Phi) is 3.96. The molecule has 4 aromatic carbocycles. The molecular weight excluding hydrogens is 395 g/mol. The molecule has 1 radical (unpaired) electrons. The van der Waals surface area contributed by atoms with E-state index in [1.807, 2.05) is 32.0 Å². The lowest BCUT2D eigenvalue weighted by Crippen LogP contribution is -2.49. The van der Waals surface area contributed by atoms with Gasteiger partial charge in [0, 0.05) is 21.7 Å². The molecule has 1 aliphatic carbocycles. The van der Waals surface area contributed by atoms with Gasteiger partial charge < -0.3 is 14.2 Å². The summed E-state index contributed by atoms with van der Waals surface area (Å²) in [5.41, 5.74) is 5.84. The lowest BCUT2D eigenvalue weighted by Gasteiger charge is -2.37. The number of benzene rings is 4. The second-order valence-corrected chi connectivity index (χ2v) is 9.70. The van der Waals surface area contributed by atoms with Gasteiger partial charge in [-0.15, -0.1) is 0 Å². The Hall–Kier alpha value is -3.08. The standard InChI is InChI=1S/C28H24BO3/c1-27(2,30)28(3,4)32-29-21-13-8-14-22-24(21)20-15-16-9-7-12-18-17-10-5-6-11-19(17)25(23(16)18)26(20)31-22/h5-15,30H,1-4H3. The molecule has 1 N–H and O–H groups in total. The number of hydrogen-bond donors (Lipinski definition) is 1. The maximum atomic E-state index is 10.5. The quantitative estimate of drug-likeness (QED) is 0.346. The Morgan fingerprint density at radius 3 is 2.31 bits per heavy atom. The normalized spacial score (nSPS) is 13.3. The molecule has 1 aromatic heterocycles. The molecule has 5 aromatic rings. The van der Waals surface area contributed by atoms with Gasteiger partial charge in [-0.1, -0.05) is 54.6 Å². The second-order valence-electron chi connectivity index (χ2n) is 9.70. The zero-order valence-corrected chi connectivity index (χ0v) is 18.7. The third-order valence-corrected chi connectivity index (χ3v) is 7.10. The average Bonchev–Trinajstić information content (AvgIpc) is 3.29. The van der Waals surface area contributed by atoms with Gasteiger partial charge in [-0.2, -0.15) is 0 Å². The molecule has 0 saturated heterocycles. The van der Waals surface area contributed by atoms with E-state index in [2.05, 4.69) is 48.5 Å². The number of aliphatic hydroxyl groups is 1. The number of rotatable bonds is 4. The molecule has 0 amide bonds. The number of fused-ring (bicyclic) bond motifs is 7. The maximum absolute atomic E-state index is 10.5. The Bertz CT molecular complexity index is 1540. The first-order valence-corrected chi connectivity index (χ1v) is 11.0. The first kappa shape index (κ1) is 19.6. The number of hydrogen-bond acceptors (Lipinski definition) is 3. The van der Waals surface area contributed by atoms with Crippen molar-refractivity contribution in [1.29, 1.82) is 0 Å². The van der Waals surface area contributed by atoms with Crippen LogP contribution in [0.15, 0.2) is 71.1 Å². The molecule has 0 saturated carbocycles. The molecule has 0 aliphatic heterocycles. The van der Waals surface area contributed by atoms with E-state index in [4.69, 9.17) is 9.07 Å². The van der Waals surface area contributed by atoms with Crippen LogP contribution in [0.1, 0.15) is 27.7 Å². The molecule has 157 valence electrons. The van der Waals surface area contributed by atoms with Crippen LogP contribution in [0.4, 0.5) is 0 Å². The molecule has 1 aliphatic rings. The van der Waals surface area contributed by atoms with Gasteiger partial charge in [-0.25, -0.2) is 0 Å². The predicted octanol–water partition coefficient (Wildman–Crippen LogP) is 6.20. The first-order valence-electron chi connectivity index (χ1n) is 11.0. The minimum absolute atomic E-state index is 0.747. The Morgan fingerprint density at radius 1 is 0.812 bits per heavy atom. The molecule has 4 heteroatoms. The molecule has 32 heavy (non-hydrogen) atoms. The van der Waals surface area contributed by atoms with Gasteiger partial charge in [0.15, 0.2) is 0 Å². The lowest BCUT2D eigenvalue weighted by atomic mass is 9.80. The minimum Gasteiger partial charge on any atom is -0.455 e. The Balaban J connectivity index is 1.61. The van der Waals surface area contributed by atoms with Crippen LogP contribution in [0.2, 0.25) is 0 Å². The van der Waals surface area contributed by atoms with E-state index in [9.17, 15) is 5.11 Å². The molecule has 0 fully saturated rings. The average molecular weight is 419 g/mol. The van der Waals surface area contributed by atoms with Crippen LogP contribution in [0.25, 0.3) is 55.0 Å². The summed E-state index contributed by atoms with van der Waals surface area (Å²) in [4.78, 5) is 0. The van der Waals surface area contributed by atoms with Crippen LogP contribution >= 0.6 is 0 Å². The highest BCUT2D eigenvalue weighted by molar-refractivity contribution is 6.53. The van der Waals surface area contributed by atoms with Gasteiger partial charge >= 0.3 is 7.48 Å². The summed E-state index contributed by atoms with van der Waals surface area (Å²) in [5.74, 6) is 0. The zero-order chi connectivity index (χ0) is 22.3. The van der Waals surface area contributed by atoms with Crippen molar-refractivity contribution in [3.05, 3.63) is 66.7 Å². The van der Waals surface area contributed by atoms with E-state index in [-0.39, 0.29) is 0 Å². The summed E-state index contributed by atoms with van der Waals surface area (Å²) < 4.78 is 12.6. The van der Waals surface area contributed by atoms with Crippen molar-refractivity contribution in [3.63, 3.8) is 0 Å². The Labute approximate surface area is 187 Å². The molecule has 0 spiro atoms. The van der Waals surface area contributed by atoms with Crippen molar-refractivity contribution in [3.8, 4) is 22.3 Å². The fraction of sp³-hybridized carbons (Fsp3) is 0.214. The topological polar surface area (TPSA) is 42.6 Å². The van der Waals surface area contributed by atoms with E-state index in [1.165, 1.54) is 33.0 Å². The van der Waals surface area contributed by atoms with Gasteiger partial charge in [-0.05, 0) is 67.4 Å². The van der Waals surface area contributed by atoms with Crippen molar-refractivity contribution >= 4 is 45.7 Å². The molecule has 3 nitrogen and oxygen atoms in total. The summed E-state index contributed by atoms with van der Waals surface area (Å²) in [7, 11) is 1.75. The highest BCUT2D eigenvalue weighted by Gasteiger charge is 2.36. The van der Waals surface area contributed by atoms with Crippen LogP contribution in [-0.2, 0) is 4.65 Å². The summed E-state index contributed by atoms with van der Waals surface area (Å²) in [6, 6.07) is 23.3. The smallest absolute Gasteiger partial charge is 0.331 e. The Morgan fingerprint density at radius 2 is 1.53 bits per heavy atom. The van der Waals surface area contributed by atoms with E-state index < -0.39 is 11.2 Å². The third kappa shape index (κ3) is 2.63. The summed E-state index contributed by atoms with van der Waals surface area (Å²) >= 11 is 0. The third-order valence-electron chi connectivity index (χ3n) is 7.10. The van der Waals surface area contributed by atoms with Crippen LogP contribution in [-0.4, -0.2) is 23.8 Å². The van der Waals surface area contributed by atoms with Crippen molar-refractivity contribution < 1.29 is 14.2 Å². The monoisotopic (exact) mass is 419 g/mol. The van der Waals surface area contributed by atoms with Crippen LogP contribution < -0.4 is 5.46 Å².